The summed E-state index contributed by atoms with van der Waals surface area (Å²) in [7, 11) is 1.68. The third-order valence-electron chi connectivity index (χ3n) is 5.43. The lowest BCUT2D eigenvalue weighted by molar-refractivity contribution is -0.137. The van der Waals surface area contributed by atoms with Gasteiger partial charge in [0.1, 0.15) is 11.4 Å². The number of rotatable bonds is 5. The summed E-state index contributed by atoms with van der Waals surface area (Å²) in [6.45, 7) is 0. The zero-order valence-electron chi connectivity index (χ0n) is 17.8. The second-order valence-electron chi connectivity index (χ2n) is 7.85. The van der Waals surface area contributed by atoms with Gasteiger partial charge < -0.3 is 10.1 Å². The molecule has 0 bridgehead atoms. The largest absolute Gasteiger partial charge is 0.439 e. The van der Waals surface area contributed by atoms with Crippen molar-refractivity contribution in [1.82, 2.24) is 25.3 Å². The molecule has 0 aliphatic heterocycles. The van der Waals surface area contributed by atoms with Crippen LogP contribution in [0, 0.1) is 0 Å². The van der Waals surface area contributed by atoms with Crippen LogP contribution in [-0.2, 0) is 13.2 Å². The Morgan fingerprint density at radius 1 is 1.18 bits per heavy atom. The molecular weight excluding hydrogens is 435 g/mol. The van der Waals surface area contributed by atoms with Gasteiger partial charge in [0.2, 0.25) is 5.88 Å². The van der Waals surface area contributed by atoms with E-state index in [-0.39, 0.29) is 17.8 Å². The number of nitrogens with one attached hydrogen (secondary N) is 1. The van der Waals surface area contributed by atoms with Crippen LogP contribution in [0.1, 0.15) is 47.3 Å². The SMILES string of the molecule is Cn1nncc1C(=O)NC1CCC(=Cc2cccc(Oc3ccc(C(F)(F)F)cn3)c2)CC1. The number of nitrogens with zero attached hydrogens (tertiary/aromatic N) is 4. The molecule has 0 atom stereocenters. The lowest BCUT2D eigenvalue weighted by Gasteiger charge is -2.25. The van der Waals surface area contributed by atoms with Crippen LogP contribution in [0.2, 0.25) is 0 Å². The number of hydrogen-bond donors (Lipinski definition) is 1. The minimum absolute atomic E-state index is 0.0879. The molecule has 7 nitrogen and oxygen atoms in total. The normalized spacial score (nSPS) is 16.4. The van der Waals surface area contributed by atoms with Gasteiger partial charge in [0.15, 0.2) is 0 Å². The number of benzene rings is 1. The molecule has 1 aliphatic carbocycles. The van der Waals surface area contributed by atoms with Crippen molar-refractivity contribution in [2.24, 2.45) is 7.05 Å². The van der Waals surface area contributed by atoms with Crippen molar-refractivity contribution in [2.45, 2.75) is 37.9 Å². The predicted molar refractivity (Wildman–Crippen MR) is 114 cm³/mol. The summed E-state index contributed by atoms with van der Waals surface area (Å²) < 4.78 is 45.1. The molecule has 4 rings (SSSR count). The number of alkyl halides is 3. The van der Waals surface area contributed by atoms with E-state index in [1.807, 2.05) is 18.2 Å². The van der Waals surface area contributed by atoms with E-state index in [0.717, 1.165) is 43.5 Å². The van der Waals surface area contributed by atoms with E-state index in [1.54, 1.807) is 13.1 Å². The quantitative estimate of drug-likeness (QED) is 0.597. The molecule has 0 radical (unpaired) electrons. The maximum absolute atomic E-state index is 12.7. The predicted octanol–water partition coefficient (Wildman–Crippen LogP) is 4.78. The number of ether oxygens (including phenoxy) is 1. The van der Waals surface area contributed by atoms with Crippen molar-refractivity contribution >= 4 is 12.0 Å². The molecule has 172 valence electrons. The van der Waals surface area contributed by atoms with Gasteiger partial charge in [-0.15, -0.1) is 5.10 Å². The van der Waals surface area contributed by atoms with E-state index < -0.39 is 11.7 Å². The third kappa shape index (κ3) is 5.76. The molecule has 3 aromatic rings. The Morgan fingerprint density at radius 3 is 2.61 bits per heavy atom. The second-order valence-corrected chi connectivity index (χ2v) is 7.85. The summed E-state index contributed by atoms with van der Waals surface area (Å²) in [5.74, 6) is 0.400. The van der Waals surface area contributed by atoms with E-state index in [9.17, 15) is 18.0 Å². The Morgan fingerprint density at radius 2 is 1.97 bits per heavy atom. The molecule has 33 heavy (non-hydrogen) atoms. The summed E-state index contributed by atoms with van der Waals surface area (Å²) in [5.41, 5.74) is 1.79. The minimum Gasteiger partial charge on any atom is -0.439 e. The van der Waals surface area contributed by atoms with Crippen LogP contribution in [0.15, 0.2) is 54.4 Å². The zero-order chi connectivity index (χ0) is 23.4. The summed E-state index contributed by atoms with van der Waals surface area (Å²) in [5, 5.41) is 10.5. The van der Waals surface area contributed by atoms with Crippen LogP contribution >= 0.6 is 0 Å². The Labute approximate surface area is 188 Å². The van der Waals surface area contributed by atoms with Gasteiger partial charge in [-0.25, -0.2) is 9.67 Å². The average Bonchev–Trinajstić information content (AvgIpc) is 3.21. The maximum atomic E-state index is 12.7. The van der Waals surface area contributed by atoms with Gasteiger partial charge in [-0.3, -0.25) is 4.79 Å². The number of aromatic nitrogens is 4. The highest BCUT2D eigenvalue weighted by Gasteiger charge is 2.30. The van der Waals surface area contributed by atoms with E-state index in [1.165, 1.54) is 22.5 Å². The van der Waals surface area contributed by atoms with Crippen LogP contribution in [0.4, 0.5) is 13.2 Å². The molecule has 1 aromatic carbocycles. The summed E-state index contributed by atoms with van der Waals surface area (Å²) >= 11 is 0. The van der Waals surface area contributed by atoms with Crippen LogP contribution in [-0.4, -0.2) is 31.9 Å². The van der Waals surface area contributed by atoms with Crippen LogP contribution in [0.25, 0.3) is 6.08 Å². The lowest BCUT2D eigenvalue weighted by atomic mass is 9.89. The van der Waals surface area contributed by atoms with Gasteiger partial charge in [0.05, 0.1) is 11.8 Å². The van der Waals surface area contributed by atoms with E-state index in [2.05, 4.69) is 26.7 Å². The molecule has 1 N–H and O–H groups in total. The standard InChI is InChI=1S/C23H22F3N5O2/c1-31-20(14-28-30-31)22(32)29-18-8-5-15(6-9-18)11-16-3-2-4-19(12-16)33-21-10-7-17(13-27-21)23(24,25)26/h2-4,7,10-14,18H,5-6,8-9H2,1H3,(H,29,32). The van der Waals surface area contributed by atoms with Crippen LogP contribution in [0.3, 0.4) is 0 Å². The Balaban J connectivity index is 1.34. The maximum Gasteiger partial charge on any atom is 0.417 e. The number of hydrogen-bond acceptors (Lipinski definition) is 5. The number of carbonyl (C=O) groups is 1. The molecule has 10 heteroatoms. The van der Waals surface area contributed by atoms with Crippen molar-refractivity contribution in [1.29, 1.82) is 0 Å². The first-order valence-corrected chi connectivity index (χ1v) is 10.4. The van der Waals surface area contributed by atoms with Gasteiger partial charge in [0.25, 0.3) is 5.91 Å². The fourth-order valence-corrected chi connectivity index (χ4v) is 3.66. The summed E-state index contributed by atoms with van der Waals surface area (Å²) in [6, 6.07) is 9.52. The van der Waals surface area contributed by atoms with E-state index in [4.69, 9.17) is 4.74 Å². The number of pyridine rings is 1. The third-order valence-corrected chi connectivity index (χ3v) is 5.43. The number of halogens is 3. The molecule has 1 fully saturated rings. The Hall–Kier alpha value is -3.69. The number of aryl methyl sites for hydroxylation is 1. The monoisotopic (exact) mass is 457 g/mol. The molecule has 0 spiro atoms. The van der Waals surface area contributed by atoms with Gasteiger partial charge in [-0.1, -0.05) is 29.0 Å². The number of amides is 1. The zero-order valence-corrected chi connectivity index (χ0v) is 17.8. The fourth-order valence-electron chi connectivity index (χ4n) is 3.66. The molecule has 1 aliphatic rings. The molecule has 0 saturated heterocycles. The van der Waals surface area contributed by atoms with Gasteiger partial charge in [-0.05, 0) is 49.4 Å². The molecule has 0 unspecified atom stereocenters. The molecule has 2 heterocycles. The fraction of sp³-hybridized carbons (Fsp3) is 0.304. The van der Waals surface area contributed by atoms with E-state index in [0.29, 0.717) is 11.4 Å². The second kappa shape index (κ2) is 9.43. The average molecular weight is 457 g/mol. The Bertz CT molecular complexity index is 1150. The molecular formula is C23H22F3N5O2. The van der Waals surface area contributed by atoms with Crippen LogP contribution in [0.5, 0.6) is 11.6 Å². The first-order valence-electron chi connectivity index (χ1n) is 10.4. The van der Waals surface area contributed by atoms with E-state index >= 15 is 0 Å². The minimum atomic E-state index is -4.44. The van der Waals surface area contributed by atoms with Crippen molar-refractivity contribution in [3.8, 4) is 11.6 Å². The van der Waals surface area contributed by atoms with Crippen molar-refractivity contribution < 1.29 is 22.7 Å². The van der Waals surface area contributed by atoms with Gasteiger partial charge >= 0.3 is 6.18 Å². The topological polar surface area (TPSA) is 81.9 Å². The molecule has 1 amide bonds. The summed E-state index contributed by atoms with van der Waals surface area (Å²) in [6.07, 6.45) is 3.19. The highest BCUT2D eigenvalue weighted by atomic mass is 19.4. The van der Waals surface area contributed by atoms with Crippen molar-refractivity contribution in [3.05, 3.63) is 71.2 Å². The highest BCUT2D eigenvalue weighted by molar-refractivity contribution is 5.92. The first kappa shape index (κ1) is 22.5. The van der Waals surface area contributed by atoms with Gasteiger partial charge in [-0.2, -0.15) is 13.2 Å². The Kier molecular flexibility index (Phi) is 6.43. The highest BCUT2D eigenvalue weighted by Crippen LogP contribution is 2.31. The van der Waals surface area contributed by atoms with Gasteiger partial charge in [0, 0.05) is 25.4 Å². The summed E-state index contributed by atoms with van der Waals surface area (Å²) in [4.78, 5) is 16.1. The smallest absolute Gasteiger partial charge is 0.417 e. The number of carbonyl (C=O) groups excluding carboxylic acids is 1. The first-order chi connectivity index (χ1) is 15.8. The molecule has 1 saturated carbocycles. The van der Waals surface area contributed by atoms with Crippen molar-refractivity contribution in [3.63, 3.8) is 0 Å². The molecule has 2 aromatic heterocycles. The number of allylic oxidation sites excluding steroid dienone is 1. The lowest BCUT2D eigenvalue weighted by Crippen LogP contribution is -2.37. The van der Waals surface area contributed by atoms with Crippen molar-refractivity contribution in [2.75, 3.05) is 0 Å². The van der Waals surface area contributed by atoms with Crippen LogP contribution < -0.4 is 10.1 Å².